The molecule has 1 heterocycles. The van der Waals surface area contributed by atoms with E-state index in [4.69, 9.17) is 5.11 Å². The number of hydrogen-bond donors (Lipinski definition) is 3. The highest BCUT2D eigenvalue weighted by Gasteiger charge is 2.31. The van der Waals surface area contributed by atoms with Crippen molar-refractivity contribution in [3.05, 3.63) is 0 Å². The maximum atomic E-state index is 11.6. The van der Waals surface area contributed by atoms with Crippen molar-refractivity contribution in [1.82, 2.24) is 10.6 Å². The smallest absolute Gasteiger partial charge is 0.315 e. The molecule has 98 valence electrons. The number of urea groups is 1. The summed E-state index contributed by atoms with van der Waals surface area (Å²) in [6, 6.07) is -0.0452. The first-order chi connectivity index (χ1) is 7.98. The molecule has 2 atom stereocenters. The fraction of sp³-hybridized carbons (Fsp3) is 0.818. The third-order valence-electron chi connectivity index (χ3n) is 3.20. The molecule has 1 aliphatic heterocycles. The predicted molar refractivity (Wildman–Crippen MR) is 68.3 cm³/mol. The Balaban J connectivity index is 2.33. The zero-order chi connectivity index (χ0) is 12.9. The summed E-state index contributed by atoms with van der Waals surface area (Å²) >= 11 is 1.82. The summed E-state index contributed by atoms with van der Waals surface area (Å²) < 4.78 is 0. The van der Waals surface area contributed by atoms with Gasteiger partial charge in [0, 0.05) is 18.3 Å². The van der Waals surface area contributed by atoms with Crippen molar-refractivity contribution < 1.29 is 14.7 Å². The van der Waals surface area contributed by atoms with E-state index in [9.17, 15) is 9.59 Å². The molecule has 0 bridgehead atoms. The second-order valence-electron chi connectivity index (χ2n) is 4.61. The number of nitrogens with one attached hydrogen (secondary N) is 2. The van der Waals surface area contributed by atoms with Gasteiger partial charge in [0.15, 0.2) is 0 Å². The second kappa shape index (κ2) is 6.14. The molecule has 0 aromatic heterocycles. The molecule has 0 aromatic rings. The van der Waals surface area contributed by atoms with E-state index in [1.165, 1.54) is 0 Å². The van der Waals surface area contributed by atoms with E-state index in [0.717, 1.165) is 17.9 Å². The van der Waals surface area contributed by atoms with Gasteiger partial charge in [-0.15, -0.1) is 0 Å². The Hall–Kier alpha value is -0.910. The molecule has 0 radical (unpaired) electrons. The van der Waals surface area contributed by atoms with Gasteiger partial charge < -0.3 is 15.7 Å². The minimum Gasteiger partial charge on any atom is -0.481 e. The first kappa shape index (κ1) is 14.2. The predicted octanol–water partition coefficient (Wildman–Crippen LogP) is 1.29. The molecule has 0 spiro atoms. The lowest BCUT2D eigenvalue weighted by molar-refractivity contribution is -0.147. The van der Waals surface area contributed by atoms with Crippen LogP contribution in [0.3, 0.4) is 0 Å². The van der Waals surface area contributed by atoms with E-state index in [2.05, 4.69) is 10.6 Å². The van der Waals surface area contributed by atoms with Crippen molar-refractivity contribution in [3.8, 4) is 0 Å². The minimum absolute atomic E-state index is 0.157. The van der Waals surface area contributed by atoms with Gasteiger partial charge in [-0.05, 0) is 25.5 Å². The average molecular weight is 260 g/mol. The lowest BCUT2D eigenvalue weighted by Gasteiger charge is -2.23. The van der Waals surface area contributed by atoms with E-state index in [1.54, 1.807) is 13.8 Å². The first-order valence-corrected chi connectivity index (χ1v) is 6.99. The van der Waals surface area contributed by atoms with Crippen LogP contribution >= 0.6 is 11.8 Å². The zero-order valence-corrected chi connectivity index (χ0v) is 11.1. The zero-order valence-electron chi connectivity index (χ0n) is 10.3. The van der Waals surface area contributed by atoms with Crippen LogP contribution in [0, 0.1) is 5.41 Å². The van der Waals surface area contributed by atoms with Crippen LogP contribution in [-0.2, 0) is 4.79 Å². The number of carboxylic acid groups (broad SMARTS) is 1. The Morgan fingerprint density at radius 2 is 2.24 bits per heavy atom. The van der Waals surface area contributed by atoms with Crippen LogP contribution in [0.2, 0.25) is 0 Å². The first-order valence-electron chi connectivity index (χ1n) is 5.83. The molecule has 0 aromatic carbocycles. The fourth-order valence-electron chi connectivity index (χ4n) is 1.51. The number of rotatable bonds is 5. The SMILES string of the molecule is CCC(C)(CNC(=O)NC1CCSC1)C(=O)O. The number of aliphatic carboxylic acids is 1. The molecule has 2 unspecified atom stereocenters. The molecule has 3 N–H and O–H groups in total. The number of hydrogen-bond acceptors (Lipinski definition) is 3. The number of carbonyl (C=O) groups is 2. The molecule has 1 aliphatic rings. The number of carbonyl (C=O) groups excluding carboxylic acids is 1. The van der Waals surface area contributed by atoms with E-state index >= 15 is 0 Å². The van der Waals surface area contributed by atoms with Crippen molar-refractivity contribution in [2.75, 3.05) is 18.1 Å². The standard InChI is InChI=1S/C11H20N2O3S/c1-3-11(2,9(14)15)7-12-10(16)13-8-4-5-17-6-8/h8H,3-7H2,1-2H3,(H,14,15)(H2,12,13,16). The Labute approximate surface area is 106 Å². The van der Waals surface area contributed by atoms with E-state index in [0.29, 0.717) is 6.42 Å². The van der Waals surface area contributed by atoms with Crippen LogP contribution in [0.4, 0.5) is 4.79 Å². The molecule has 6 heteroatoms. The van der Waals surface area contributed by atoms with Crippen LogP contribution in [0.1, 0.15) is 26.7 Å². The van der Waals surface area contributed by atoms with Crippen molar-refractivity contribution >= 4 is 23.8 Å². The van der Waals surface area contributed by atoms with E-state index < -0.39 is 11.4 Å². The van der Waals surface area contributed by atoms with Gasteiger partial charge in [0.25, 0.3) is 0 Å². The summed E-state index contributed by atoms with van der Waals surface area (Å²) in [5, 5.41) is 14.5. The number of thioether (sulfide) groups is 1. The van der Waals surface area contributed by atoms with Crippen molar-refractivity contribution in [2.45, 2.75) is 32.7 Å². The summed E-state index contributed by atoms with van der Waals surface area (Å²) in [7, 11) is 0. The Bertz CT molecular complexity index is 292. The van der Waals surface area contributed by atoms with Gasteiger partial charge >= 0.3 is 12.0 Å². The second-order valence-corrected chi connectivity index (χ2v) is 5.76. The van der Waals surface area contributed by atoms with Crippen LogP contribution in [0.15, 0.2) is 0 Å². The molecule has 1 saturated heterocycles. The van der Waals surface area contributed by atoms with Gasteiger partial charge in [-0.1, -0.05) is 6.92 Å². The molecule has 0 aliphatic carbocycles. The van der Waals surface area contributed by atoms with Crippen LogP contribution in [-0.4, -0.2) is 41.2 Å². The van der Waals surface area contributed by atoms with Gasteiger partial charge in [0.1, 0.15) is 0 Å². The highest BCUT2D eigenvalue weighted by Crippen LogP contribution is 2.20. The van der Waals surface area contributed by atoms with Crippen molar-refractivity contribution in [1.29, 1.82) is 0 Å². The third kappa shape index (κ3) is 4.11. The lowest BCUT2D eigenvalue weighted by Crippen LogP contribution is -2.47. The normalized spacial score (nSPS) is 22.8. The Morgan fingerprint density at radius 3 is 2.71 bits per heavy atom. The Kier molecular flexibility index (Phi) is 5.11. The summed E-state index contributed by atoms with van der Waals surface area (Å²) in [4.78, 5) is 22.6. The Morgan fingerprint density at radius 1 is 1.53 bits per heavy atom. The molecular weight excluding hydrogens is 240 g/mol. The molecule has 0 saturated carbocycles. The largest absolute Gasteiger partial charge is 0.481 e. The van der Waals surface area contributed by atoms with Crippen molar-refractivity contribution in [2.24, 2.45) is 5.41 Å². The molecule has 1 fully saturated rings. The van der Waals surface area contributed by atoms with E-state index in [1.807, 2.05) is 11.8 Å². The summed E-state index contributed by atoms with van der Waals surface area (Å²) in [5.41, 5.74) is -0.887. The summed E-state index contributed by atoms with van der Waals surface area (Å²) in [5.74, 6) is 1.14. The molecular formula is C11H20N2O3S. The highest BCUT2D eigenvalue weighted by molar-refractivity contribution is 7.99. The van der Waals surface area contributed by atoms with Crippen LogP contribution in [0.25, 0.3) is 0 Å². The van der Waals surface area contributed by atoms with Gasteiger partial charge in [0.05, 0.1) is 5.41 Å². The molecule has 2 amide bonds. The van der Waals surface area contributed by atoms with Gasteiger partial charge in [0.2, 0.25) is 0 Å². The maximum absolute atomic E-state index is 11.6. The van der Waals surface area contributed by atoms with Crippen molar-refractivity contribution in [3.63, 3.8) is 0 Å². The summed E-state index contributed by atoms with van der Waals surface area (Å²) in [6.45, 7) is 3.60. The lowest BCUT2D eigenvalue weighted by atomic mass is 9.88. The molecule has 17 heavy (non-hydrogen) atoms. The topological polar surface area (TPSA) is 78.4 Å². The third-order valence-corrected chi connectivity index (χ3v) is 4.36. The maximum Gasteiger partial charge on any atom is 0.315 e. The molecule has 1 rings (SSSR count). The van der Waals surface area contributed by atoms with Crippen LogP contribution < -0.4 is 10.6 Å². The van der Waals surface area contributed by atoms with Gasteiger partial charge in [-0.25, -0.2) is 4.79 Å². The monoisotopic (exact) mass is 260 g/mol. The number of amides is 2. The quantitative estimate of drug-likeness (QED) is 0.696. The number of carboxylic acids is 1. The fourth-order valence-corrected chi connectivity index (χ4v) is 2.66. The highest BCUT2D eigenvalue weighted by atomic mass is 32.2. The van der Waals surface area contributed by atoms with Gasteiger partial charge in [-0.2, -0.15) is 11.8 Å². The van der Waals surface area contributed by atoms with Gasteiger partial charge in [-0.3, -0.25) is 4.79 Å². The summed E-state index contributed by atoms with van der Waals surface area (Å²) in [6.07, 6.45) is 1.48. The molecule has 5 nitrogen and oxygen atoms in total. The average Bonchev–Trinajstić information content (AvgIpc) is 2.78. The van der Waals surface area contributed by atoms with Crippen LogP contribution in [0.5, 0.6) is 0 Å². The minimum atomic E-state index is -0.887. The van der Waals surface area contributed by atoms with E-state index in [-0.39, 0.29) is 18.6 Å².